The second kappa shape index (κ2) is 6.88. The van der Waals surface area contributed by atoms with Crippen LogP contribution in [0.1, 0.15) is 42.3 Å². The summed E-state index contributed by atoms with van der Waals surface area (Å²) in [6, 6.07) is 6.66. The Labute approximate surface area is 164 Å². The Morgan fingerprint density at radius 2 is 2.04 bits per heavy atom. The van der Waals surface area contributed by atoms with E-state index >= 15 is 0 Å². The van der Waals surface area contributed by atoms with Gasteiger partial charge in [-0.15, -0.1) is 0 Å². The highest BCUT2D eigenvalue weighted by Gasteiger charge is 2.30. The number of aryl methyl sites for hydroxylation is 3. The second-order valence-corrected chi connectivity index (χ2v) is 7.73. The van der Waals surface area contributed by atoms with Crippen molar-refractivity contribution in [3.05, 3.63) is 34.6 Å². The van der Waals surface area contributed by atoms with Gasteiger partial charge < -0.3 is 15.2 Å². The first-order valence-electron chi connectivity index (χ1n) is 9.57. The van der Waals surface area contributed by atoms with Gasteiger partial charge in [0.05, 0.1) is 16.6 Å². The summed E-state index contributed by atoms with van der Waals surface area (Å²) in [7, 11) is 0. The first-order chi connectivity index (χ1) is 13.4. The summed E-state index contributed by atoms with van der Waals surface area (Å²) in [4.78, 5) is 11.7. The average molecular weight is 376 g/mol. The van der Waals surface area contributed by atoms with Gasteiger partial charge in [-0.1, -0.05) is 5.16 Å². The summed E-state index contributed by atoms with van der Waals surface area (Å²) in [5.74, 6) is 1.83. The molecule has 0 saturated carbocycles. The largest absolute Gasteiger partial charge is 0.353 e. The summed E-state index contributed by atoms with van der Waals surface area (Å²) in [5, 5.41) is 14.6. The monoisotopic (exact) mass is 376 g/mol. The van der Waals surface area contributed by atoms with E-state index in [2.05, 4.69) is 34.1 Å². The molecule has 144 valence electrons. The Morgan fingerprint density at radius 3 is 2.68 bits per heavy atom. The maximum atomic E-state index is 9.67. The van der Waals surface area contributed by atoms with E-state index in [1.165, 1.54) is 0 Å². The van der Waals surface area contributed by atoms with Crippen molar-refractivity contribution < 1.29 is 4.52 Å². The SMILES string of the molecule is Cc1cc(C#N)c2nc(N3CCC(N)C[C@H]3C)c(-c3nc(C)no3)c(C)c2c1. The molecule has 2 atom stereocenters. The molecule has 28 heavy (non-hydrogen) atoms. The molecular formula is C21H24N6O. The number of anilines is 1. The fraction of sp³-hybridized carbons (Fsp3) is 0.429. The first-order valence-corrected chi connectivity index (χ1v) is 9.57. The minimum Gasteiger partial charge on any atom is -0.353 e. The Balaban J connectivity index is 2.03. The van der Waals surface area contributed by atoms with Crippen LogP contribution in [-0.4, -0.2) is 33.8 Å². The number of nitrogens with two attached hydrogens (primary N) is 1. The zero-order valence-electron chi connectivity index (χ0n) is 16.7. The molecule has 0 bridgehead atoms. The number of rotatable bonds is 2. The molecule has 2 aromatic heterocycles. The fourth-order valence-electron chi connectivity index (χ4n) is 4.12. The van der Waals surface area contributed by atoms with Gasteiger partial charge in [0.25, 0.3) is 5.89 Å². The smallest absolute Gasteiger partial charge is 0.261 e. The zero-order valence-corrected chi connectivity index (χ0v) is 16.7. The number of aromatic nitrogens is 3. The minimum atomic E-state index is 0.194. The molecular weight excluding hydrogens is 352 g/mol. The van der Waals surface area contributed by atoms with Gasteiger partial charge in [0, 0.05) is 24.0 Å². The van der Waals surface area contributed by atoms with E-state index in [4.69, 9.17) is 15.2 Å². The number of nitriles is 1. The molecule has 3 heterocycles. The van der Waals surface area contributed by atoms with E-state index in [-0.39, 0.29) is 12.1 Å². The number of piperidine rings is 1. The summed E-state index contributed by atoms with van der Waals surface area (Å²) in [6.45, 7) is 8.77. The number of nitrogens with zero attached hydrogens (tertiary/aromatic N) is 5. The Kier molecular flexibility index (Phi) is 4.52. The molecule has 1 aliphatic heterocycles. The van der Waals surface area contributed by atoms with Crippen LogP contribution in [-0.2, 0) is 0 Å². The highest BCUT2D eigenvalue weighted by atomic mass is 16.5. The fourth-order valence-corrected chi connectivity index (χ4v) is 4.12. The van der Waals surface area contributed by atoms with Crippen molar-refractivity contribution in [3.63, 3.8) is 0 Å². The van der Waals surface area contributed by atoms with Crippen LogP contribution in [0.4, 0.5) is 5.82 Å². The number of hydrogen-bond donors (Lipinski definition) is 1. The van der Waals surface area contributed by atoms with Crippen molar-refractivity contribution >= 4 is 16.7 Å². The van der Waals surface area contributed by atoms with E-state index in [1.54, 1.807) is 6.92 Å². The van der Waals surface area contributed by atoms with Gasteiger partial charge in [-0.25, -0.2) is 4.98 Å². The van der Waals surface area contributed by atoms with Crippen molar-refractivity contribution in [2.75, 3.05) is 11.4 Å². The summed E-state index contributed by atoms with van der Waals surface area (Å²) >= 11 is 0. The maximum Gasteiger partial charge on any atom is 0.261 e. The molecule has 2 N–H and O–H groups in total. The van der Waals surface area contributed by atoms with Gasteiger partial charge in [0.15, 0.2) is 5.82 Å². The Morgan fingerprint density at radius 1 is 1.25 bits per heavy atom. The lowest BCUT2D eigenvalue weighted by Crippen LogP contribution is -2.46. The van der Waals surface area contributed by atoms with Gasteiger partial charge in [-0.3, -0.25) is 0 Å². The molecule has 0 spiro atoms. The third-order valence-electron chi connectivity index (χ3n) is 5.53. The number of hydrogen-bond acceptors (Lipinski definition) is 7. The van der Waals surface area contributed by atoms with Crippen LogP contribution in [0, 0.1) is 32.1 Å². The van der Waals surface area contributed by atoms with Gasteiger partial charge >= 0.3 is 0 Å². The van der Waals surface area contributed by atoms with Crippen LogP contribution in [0.3, 0.4) is 0 Å². The molecule has 1 fully saturated rings. The lowest BCUT2D eigenvalue weighted by molar-refractivity contribution is 0.420. The summed E-state index contributed by atoms with van der Waals surface area (Å²) in [5.41, 5.74) is 10.3. The van der Waals surface area contributed by atoms with Gasteiger partial charge in [-0.2, -0.15) is 10.2 Å². The van der Waals surface area contributed by atoms with Crippen LogP contribution >= 0.6 is 0 Å². The van der Waals surface area contributed by atoms with Crippen LogP contribution < -0.4 is 10.6 Å². The Hall–Kier alpha value is -2.98. The van der Waals surface area contributed by atoms with E-state index in [0.717, 1.165) is 47.3 Å². The molecule has 1 aromatic carbocycles. The molecule has 1 aliphatic rings. The average Bonchev–Trinajstić information content (AvgIpc) is 3.07. The van der Waals surface area contributed by atoms with Crippen molar-refractivity contribution in [1.82, 2.24) is 15.1 Å². The summed E-state index contributed by atoms with van der Waals surface area (Å²) in [6.07, 6.45) is 1.78. The minimum absolute atomic E-state index is 0.194. The number of fused-ring (bicyclic) bond motifs is 1. The predicted molar refractivity (Wildman–Crippen MR) is 108 cm³/mol. The zero-order chi connectivity index (χ0) is 20.0. The molecule has 7 nitrogen and oxygen atoms in total. The van der Waals surface area contributed by atoms with Gasteiger partial charge in [0.1, 0.15) is 11.9 Å². The molecule has 3 aromatic rings. The number of pyridine rings is 1. The lowest BCUT2D eigenvalue weighted by atomic mass is 9.95. The van der Waals surface area contributed by atoms with Crippen LogP contribution in [0.25, 0.3) is 22.4 Å². The van der Waals surface area contributed by atoms with E-state index in [9.17, 15) is 5.26 Å². The molecule has 0 aliphatic carbocycles. The molecule has 0 amide bonds. The second-order valence-electron chi connectivity index (χ2n) is 7.73. The van der Waals surface area contributed by atoms with E-state index in [0.29, 0.717) is 22.8 Å². The molecule has 1 saturated heterocycles. The lowest BCUT2D eigenvalue weighted by Gasteiger charge is -2.38. The standard InChI is InChI=1S/C21H24N6O/c1-11-7-15(10-22)19-17(8-11)13(3)18(21-24-14(4)26-28-21)20(25-19)27-6-5-16(23)9-12(27)2/h7-8,12,16H,5-6,9,23H2,1-4H3/t12-,16?/m1/s1. The molecule has 7 heteroatoms. The first kappa shape index (κ1) is 18.4. The van der Waals surface area contributed by atoms with Crippen molar-refractivity contribution in [2.45, 2.75) is 52.6 Å². The van der Waals surface area contributed by atoms with Crippen LogP contribution in [0.5, 0.6) is 0 Å². The highest BCUT2D eigenvalue weighted by Crippen LogP contribution is 2.39. The Bertz CT molecular complexity index is 1100. The molecule has 1 unspecified atom stereocenters. The van der Waals surface area contributed by atoms with Crippen molar-refractivity contribution in [1.29, 1.82) is 5.26 Å². The normalized spacial score (nSPS) is 19.8. The van der Waals surface area contributed by atoms with Gasteiger partial charge in [0.2, 0.25) is 0 Å². The van der Waals surface area contributed by atoms with Crippen molar-refractivity contribution in [3.8, 4) is 17.5 Å². The van der Waals surface area contributed by atoms with Crippen LogP contribution in [0.15, 0.2) is 16.7 Å². The van der Waals surface area contributed by atoms with Gasteiger partial charge in [-0.05, 0) is 63.8 Å². The molecule has 0 radical (unpaired) electrons. The van der Waals surface area contributed by atoms with Crippen molar-refractivity contribution in [2.24, 2.45) is 5.73 Å². The maximum absolute atomic E-state index is 9.67. The van der Waals surface area contributed by atoms with Crippen LogP contribution in [0.2, 0.25) is 0 Å². The quantitative estimate of drug-likeness (QED) is 0.731. The van der Waals surface area contributed by atoms with E-state index < -0.39 is 0 Å². The summed E-state index contributed by atoms with van der Waals surface area (Å²) < 4.78 is 5.54. The number of benzene rings is 1. The third kappa shape index (κ3) is 3.00. The highest BCUT2D eigenvalue weighted by molar-refractivity contribution is 5.95. The molecule has 4 rings (SSSR count). The topological polar surface area (TPSA) is 105 Å². The van der Waals surface area contributed by atoms with E-state index in [1.807, 2.05) is 19.9 Å². The predicted octanol–water partition coefficient (Wildman–Crippen LogP) is 3.40. The third-order valence-corrected chi connectivity index (χ3v) is 5.53.